The number of ether oxygens (including phenoxy) is 1. The number of hydrazine groups is 1. The maximum atomic E-state index is 12.5. The van der Waals surface area contributed by atoms with Crippen molar-refractivity contribution in [3.63, 3.8) is 0 Å². The number of hydrogen-bond donors (Lipinski definition) is 3. The summed E-state index contributed by atoms with van der Waals surface area (Å²) in [7, 11) is -4.09. The highest BCUT2D eigenvalue weighted by Gasteiger charge is 2.18. The number of carbonyl (C=O) groups excluding carboxylic acids is 2. The standard InChI is InChI=1S/C23H22N4O7S/c1-15-5-3-6-16(2)22(15)34-14-21(28)24-25-23(29)17-9-11-18(12-10-17)26-35(32,33)20-8-4-7-19(13-20)27(30)31/h3-13,26H,14H2,1-2H3,(H,24,28)(H,25,29). The Kier molecular flexibility index (Phi) is 7.66. The Morgan fingerprint density at radius 1 is 0.943 bits per heavy atom. The number of para-hydroxylation sites is 1. The Balaban J connectivity index is 1.55. The highest BCUT2D eigenvalue weighted by Crippen LogP contribution is 2.22. The number of rotatable bonds is 8. The summed E-state index contributed by atoms with van der Waals surface area (Å²) in [6.45, 7) is 3.41. The van der Waals surface area contributed by atoms with Crippen LogP contribution in [0.25, 0.3) is 0 Å². The SMILES string of the molecule is Cc1cccc(C)c1OCC(=O)NNC(=O)c1ccc(NS(=O)(=O)c2cccc([N+](=O)[O-])c2)cc1. The number of nitrogens with zero attached hydrogens (tertiary/aromatic N) is 1. The number of nitrogens with one attached hydrogen (secondary N) is 3. The molecular formula is C23H22N4O7S. The lowest BCUT2D eigenvalue weighted by atomic mass is 10.1. The fourth-order valence-corrected chi connectivity index (χ4v) is 4.17. The van der Waals surface area contributed by atoms with Gasteiger partial charge in [0.25, 0.3) is 27.5 Å². The molecule has 0 aliphatic carbocycles. The molecule has 3 aromatic rings. The van der Waals surface area contributed by atoms with Crippen LogP contribution in [0.3, 0.4) is 0 Å². The van der Waals surface area contributed by atoms with Crippen molar-refractivity contribution in [1.29, 1.82) is 0 Å². The summed E-state index contributed by atoms with van der Waals surface area (Å²) in [6, 6.07) is 15.6. The maximum Gasteiger partial charge on any atom is 0.276 e. The van der Waals surface area contributed by atoms with Crippen molar-refractivity contribution in [2.75, 3.05) is 11.3 Å². The molecule has 35 heavy (non-hydrogen) atoms. The van der Waals surface area contributed by atoms with Crippen molar-refractivity contribution in [2.24, 2.45) is 0 Å². The molecule has 0 atom stereocenters. The summed E-state index contributed by atoms with van der Waals surface area (Å²) in [5.74, 6) is -0.599. The fraction of sp³-hybridized carbons (Fsp3) is 0.130. The third kappa shape index (κ3) is 6.54. The van der Waals surface area contributed by atoms with Crippen LogP contribution in [0.15, 0.2) is 71.6 Å². The minimum absolute atomic E-state index is 0.138. The summed E-state index contributed by atoms with van der Waals surface area (Å²) < 4.78 is 32.8. The lowest BCUT2D eigenvalue weighted by molar-refractivity contribution is -0.385. The fourth-order valence-electron chi connectivity index (χ4n) is 3.07. The summed E-state index contributed by atoms with van der Waals surface area (Å²) in [5.41, 5.74) is 6.19. The number of benzene rings is 3. The van der Waals surface area contributed by atoms with Gasteiger partial charge in [-0.15, -0.1) is 0 Å². The second kappa shape index (κ2) is 10.7. The van der Waals surface area contributed by atoms with Crippen molar-refractivity contribution in [3.8, 4) is 5.75 Å². The maximum absolute atomic E-state index is 12.5. The molecule has 0 unspecified atom stereocenters. The lowest BCUT2D eigenvalue weighted by Gasteiger charge is -2.12. The molecule has 2 amide bonds. The summed E-state index contributed by atoms with van der Waals surface area (Å²) in [5, 5.41) is 10.9. The molecule has 0 saturated heterocycles. The average molecular weight is 499 g/mol. The summed E-state index contributed by atoms with van der Waals surface area (Å²) >= 11 is 0. The van der Waals surface area contributed by atoms with Crippen molar-refractivity contribution >= 4 is 33.2 Å². The largest absolute Gasteiger partial charge is 0.483 e. The van der Waals surface area contributed by atoms with E-state index in [1.54, 1.807) is 0 Å². The van der Waals surface area contributed by atoms with E-state index in [9.17, 15) is 28.1 Å². The Morgan fingerprint density at radius 2 is 1.57 bits per heavy atom. The summed E-state index contributed by atoms with van der Waals surface area (Å²) in [6.07, 6.45) is 0. The van der Waals surface area contributed by atoms with Gasteiger partial charge in [0.15, 0.2) is 6.61 Å². The number of hydrogen-bond acceptors (Lipinski definition) is 7. The van der Waals surface area contributed by atoms with E-state index in [0.717, 1.165) is 17.2 Å². The molecule has 3 rings (SSSR count). The minimum Gasteiger partial charge on any atom is -0.483 e. The first kappa shape index (κ1) is 25.2. The zero-order valence-corrected chi connectivity index (χ0v) is 19.6. The average Bonchev–Trinajstić information content (AvgIpc) is 2.82. The van der Waals surface area contributed by atoms with Crippen molar-refractivity contribution < 1.29 is 27.7 Å². The van der Waals surface area contributed by atoms with Gasteiger partial charge in [-0.25, -0.2) is 8.42 Å². The lowest BCUT2D eigenvalue weighted by Crippen LogP contribution is -2.43. The number of nitro benzene ring substituents is 1. The second-order valence-electron chi connectivity index (χ2n) is 7.45. The molecule has 11 nitrogen and oxygen atoms in total. The van der Waals surface area contributed by atoms with Crippen LogP contribution < -0.4 is 20.3 Å². The molecule has 0 saturated carbocycles. The van der Waals surface area contributed by atoms with Gasteiger partial charge < -0.3 is 4.74 Å². The van der Waals surface area contributed by atoms with E-state index in [4.69, 9.17) is 4.74 Å². The van der Waals surface area contributed by atoms with Gasteiger partial charge in [0.2, 0.25) is 0 Å². The van der Waals surface area contributed by atoms with Crippen LogP contribution in [0.2, 0.25) is 0 Å². The second-order valence-corrected chi connectivity index (χ2v) is 9.13. The number of non-ortho nitro benzene ring substituents is 1. The van der Waals surface area contributed by atoms with Gasteiger partial charge in [-0.1, -0.05) is 24.3 Å². The quantitative estimate of drug-likeness (QED) is 0.318. The Morgan fingerprint density at radius 3 is 2.20 bits per heavy atom. The molecule has 0 radical (unpaired) electrons. The van der Waals surface area contributed by atoms with Crippen LogP contribution in [0.1, 0.15) is 21.5 Å². The Labute approximate surface area is 201 Å². The molecule has 0 bridgehead atoms. The molecule has 0 heterocycles. The molecule has 3 N–H and O–H groups in total. The van der Waals surface area contributed by atoms with E-state index in [2.05, 4.69) is 15.6 Å². The zero-order chi connectivity index (χ0) is 25.6. The van der Waals surface area contributed by atoms with Gasteiger partial charge in [-0.3, -0.25) is 35.3 Å². The first-order valence-corrected chi connectivity index (χ1v) is 11.7. The molecule has 0 spiro atoms. The van der Waals surface area contributed by atoms with Crippen molar-refractivity contribution in [1.82, 2.24) is 10.9 Å². The number of aryl methyl sites for hydroxylation is 2. The zero-order valence-electron chi connectivity index (χ0n) is 18.8. The van der Waals surface area contributed by atoms with Gasteiger partial charge >= 0.3 is 0 Å². The molecule has 3 aromatic carbocycles. The van der Waals surface area contributed by atoms with Crippen LogP contribution in [0.5, 0.6) is 5.75 Å². The molecule has 0 aliphatic rings. The van der Waals surface area contributed by atoms with E-state index < -0.39 is 26.8 Å². The number of amides is 2. The molecule has 0 aliphatic heterocycles. The van der Waals surface area contributed by atoms with Crippen LogP contribution in [0.4, 0.5) is 11.4 Å². The van der Waals surface area contributed by atoms with E-state index in [1.807, 2.05) is 32.0 Å². The van der Waals surface area contributed by atoms with Crippen LogP contribution in [-0.2, 0) is 14.8 Å². The van der Waals surface area contributed by atoms with Gasteiger partial charge in [0.05, 0.1) is 9.82 Å². The topological polar surface area (TPSA) is 157 Å². The normalized spacial score (nSPS) is 10.8. The highest BCUT2D eigenvalue weighted by molar-refractivity contribution is 7.92. The molecule has 12 heteroatoms. The first-order chi connectivity index (χ1) is 16.6. The molecule has 182 valence electrons. The van der Waals surface area contributed by atoms with Crippen LogP contribution >= 0.6 is 0 Å². The van der Waals surface area contributed by atoms with Gasteiger partial charge in [-0.2, -0.15) is 0 Å². The van der Waals surface area contributed by atoms with Crippen molar-refractivity contribution in [3.05, 3.63) is 93.5 Å². The van der Waals surface area contributed by atoms with Gasteiger partial charge in [0, 0.05) is 23.4 Å². The molecule has 0 fully saturated rings. The number of anilines is 1. The highest BCUT2D eigenvalue weighted by atomic mass is 32.2. The Bertz CT molecular complexity index is 1350. The number of sulfonamides is 1. The predicted molar refractivity (Wildman–Crippen MR) is 127 cm³/mol. The van der Waals surface area contributed by atoms with Gasteiger partial charge in [-0.05, 0) is 55.3 Å². The molecular weight excluding hydrogens is 476 g/mol. The van der Waals surface area contributed by atoms with Crippen LogP contribution in [-0.4, -0.2) is 31.8 Å². The number of carbonyl (C=O) groups is 2. The van der Waals surface area contributed by atoms with Gasteiger partial charge in [0.1, 0.15) is 5.75 Å². The Hall–Kier alpha value is -4.45. The number of nitro groups is 1. The first-order valence-electron chi connectivity index (χ1n) is 10.2. The van der Waals surface area contributed by atoms with E-state index in [0.29, 0.717) is 5.75 Å². The minimum atomic E-state index is -4.09. The monoisotopic (exact) mass is 498 g/mol. The smallest absolute Gasteiger partial charge is 0.276 e. The third-order valence-electron chi connectivity index (χ3n) is 4.81. The van der Waals surface area contributed by atoms with E-state index >= 15 is 0 Å². The summed E-state index contributed by atoms with van der Waals surface area (Å²) in [4.78, 5) is 34.2. The van der Waals surface area contributed by atoms with Crippen molar-refractivity contribution in [2.45, 2.75) is 18.7 Å². The molecule has 0 aromatic heterocycles. The van der Waals surface area contributed by atoms with Crippen LogP contribution in [0, 0.1) is 24.0 Å². The van der Waals surface area contributed by atoms with E-state index in [1.165, 1.54) is 42.5 Å². The van der Waals surface area contributed by atoms with E-state index in [-0.39, 0.29) is 28.4 Å². The predicted octanol–water partition coefficient (Wildman–Crippen LogP) is 2.85. The third-order valence-corrected chi connectivity index (χ3v) is 6.19.